The summed E-state index contributed by atoms with van der Waals surface area (Å²) in [5.74, 6) is -0.179. The third-order valence-corrected chi connectivity index (χ3v) is 2.83. The fourth-order valence-electron chi connectivity index (χ4n) is 1.90. The van der Waals surface area contributed by atoms with Crippen LogP contribution in [0.2, 0.25) is 0 Å². The molecule has 3 aromatic rings. The third kappa shape index (κ3) is 2.26. The molecule has 0 radical (unpaired) electrons. The number of hydrogen-bond donors (Lipinski definition) is 3. The second-order valence-electron chi connectivity index (χ2n) is 4.21. The van der Waals surface area contributed by atoms with Gasteiger partial charge < -0.3 is 16.0 Å². The summed E-state index contributed by atoms with van der Waals surface area (Å²) >= 11 is 0. The number of anilines is 2. The van der Waals surface area contributed by atoms with Crippen LogP contribution in [0.15, 0.2) is 48.8 Å². The quantitative estimate of drug-likeness (QED) is 0.612. The third-order valence-electron chi connectivity index (χ3n) is 2.83. The maximum absolute atomic E-state index is 12.1. The predicted molar refractivity (Wildman–Crippen MR) is 74.9 cm³/mol. The van der Waals surface area contributed by atoms with Gasteiger partial charge in [-0.25, -0.2) is 4.98 Å². The SMILES string of the molecule is Nc1cccc(NC(=O)c2ccc3nc[nH]c3c2)c1. The molecule has 4 N–H and O–H groups in total. The Bertz CT molecular complexity index is 748. The lowest BCUT2D eigenvalue weighted by molar-refractivity contribution is 0.102. The molecule has 0 saturated heterocycles. The van der Waals surface area contributed by atoms with Gasteiger partial charge in [-0.15, -0.1) is 0 Å². The van der Waals surface area contributed by atoms with Gasteiger partial charge in [-0.1, -0.05) is 6.07 Å². The van der Waals surface area contributed by atoms with E-state index in [2.05, 4.69) is 15.3 Å². The Morgan fingerprint density at radius 2 is 2.11 bits per heavy atom. The molecule has 0 saturated carbocycles. The van der Waals surface area contributed by atoms with Gasteiger partial charge in [0.25, 0.3) is 5.91 Å². The summed E-state index contributed by atoms with van der Waals surface area (Å²) in [4.78, 5) is 19.2. The molecule has 1 amide bonds. The van der Waals surface area contributed by atoms with Crippen molar-refractivity contribution >= 4 is 28.3 Å². The molecule has 5 heteroatoms. The highest BCUT2D eigenvalue weighted by atomic mass is 16.1. The summed E-state index contributed by atoms with van der Waals surface area (Å²) in [5.41, 5.74) is 9.19. The van der Waals surface area contributed by atoms with Crippen molar-refractivity contribution in [3.05, 3.63) is 54.4 Å². The van der Waals surface area contributed by atoms with Crippen LogP contribution in [0.5, 0.6) is 0 Å². The number of nitrogens with two attached hydrogens (primary N) is 1. The van der Waals surface area contributed by atoms with E-state index in [-0.39, 0.29) is 5.91 Å². The number of H-pyrrole nitrogens is 1. The van der Waals surface area contributed by atoms with E-state index in [1.807, 2.05) is 0 Å². The zero-order chi connectivity index (χ0) is 13.2. The lowest BCUT2D eigenvalue weighted by atomic mass is 10.2. The lowest BCUT2D eigenvalue weighted by Gasteiger charge is -2.05. The number of nitrogens with zero attached hydrogens (tertiary/aromatic N) is 1. The zero-order valence-corrected chi connectivity index (χ0v) is 10.1. The van der Waals surface area contributed by atoms with Crippen molar-refractivity contribution in [1.29, 1.82) is 0 Å². The van der Waals surface area contributed by atoms with E-state index in [0.29, 0.717) is 16.9 Å². The van der Waals surface area contributed by atoms with Crippen LogP contribution in [0.3, 0.4) is 0 Å². The highest BCUT2D eigenvalue weighted by molar-refractivity contribution is 6.06. The number of benzene rings is 2. The number of nitrogens with one attached hydrogen (secondary N) is 2. The van der Waals surface area contributed by atoms with Gasteiger partial charge in [0.05, 0.1) is 17.4 Å². The molecule has 0 aliphatic rings. The van der Waals surface area contributed by atoms with Crippen LogP contribution in [0.25, 0.3) is 11.0 Å². The van der Waals surface area contributed by atoms with E-state index < -0.39 is 0 Å². The summed E-state index contributed by atoms with van der Waals surface area (Å²) in [6.45, 7) is 0. The first-order valence-electron chi connectivity index (χ1n) is 5.82. The Hall–Kier alpha value is -2.82. The lowest BCUT2D eigenvalue weighted by Crippen LogP contribution is -2.11. The number of fused-ring (bicyclic) bond motifs is 1. The molecule has 94 valence electrons. The largest absolute Gasteiger partial charge is 0.399 e. The number of aromatic nitrogens is 2. The van der Waals surface area contributed by atoms with Crippen molar-refractivity contribution in [1.82, 2.24) is 9.97 Å². The van der Waals surface area contributed by atoms with Crippen molar-refractivity contribution in [3.63, 3.8) is 0 Å². The molecular weight excluding hydrogens is 240 g/mol. The standard InChI is InChI=1S/C14H12N4O/c15-10-2-1-3-11(7-10)18-14(19)9-4-5-12-13(6-9)17-8-16-12/h1-8H,15H2,(H,16,17)(H,18,19). The minimum atomic E-state index is -0.179. The maximum atomic E-state index is 12.1. The van der Waals surface area contributed by atoms with Gasteiger partial charge in [0.15, 0.2) is 0 Å². The molecule has 3 rings (SSSR count). The van der Waals surface area contributed by atoms with Gasteiger partial charge in [-0.05, 0) is 36.4 Å². The molecule has 0 bridgehead atoms. The second-order valence-corrected chi connectivity index (χ2v) is 4.21. The highest BCUT2D eigenvalue weighted by Crippen LogP contribution is 2.15. The second kappa shape index (κ2) is 4.45. The zero-order valence-electron chi connectivity index (χ0n) is 10.1. The van der Waals surface area contributed by atoms with Crippen molar-refractivity contribution < 1.29 is 4.79 Å². The molecular formula is C14H12N4O. The number of aromatic amines is 1. The van der Waals surface area contributed by atoms with E-state index in [1.54, 1.807) is 48.8 Å². The minimum absolute atomic E-state index is 0.179. The number of imidazole rings is 1. The maximum Gasteiger partial charge on any atom is 0.255 e. The Balaban J connectivity index is 1.87. The minimum Gasteiger partial charge on any atom is -0.399 e. The molecule has 1 aromatic heterocycles. The van der Waals surface area contributed by atoms with Crippen molar-refractivity contribution in [2.75, 3.05) is 11.1 Å². The summed E-state index contributed by atoms with van der Waals surface area (Å²) in [7, 11) is 0. The Morgan fingerprint density at radius 1 is 1.21 bits per heavy atom. The van der Waals surface area contributed by atoms with Gasteiger partial charge >= 0.3 is 0 Å². The number of hydrogen-bond acceptors (Lipinski definition) is 3. The molecule has 5 nitrogen and oxygen atoms in total. The molecule has 19 heavy (non-hydrogen) atoms. The van der Waals surface area contributed by atoms with Crippen LogP contribution in [-0.4, -0.2) is 15.9 Å². The highest BCUT2D eigenvalue weighted by Gasteiger charge is 2.07. The Kier molecular flexibility index (Phi) is 2.64. The summed E-state index contributed by atoms with van der Waals surface area (Å²) in [5, 5.41) is 2.80. The van der Waals surface area contributed by atoms with Crippen LogP contribution >= 0.6 is 0 Å². The molecule has 0 unspecified atom stereocenters. The van der Waals surface area contributed by atoms with E-state index in [1.165, 1.54) is 0 Å². The van der Waals surface area contributed by atoms with Crippen molar-refractivity contribution in [3.8, 4) is 0 Å². The van der Waals surface area contributed by atoms with Gasteiger partial charge in [-0.2, -0.15) is 0 Å². The van der Waals surface area contributed by atoms with Gasteiger partial charge in [0, 0.05) is 16.9 Å². The average Bonchev–Trinajstić information content (AvgIpc) is 2.85. The van der Waals surface area contributed by atoms with E-state index in [4.69, 9.17) is 5.73 Å². The van der Waals surface area contributed by atoms with Crippen LogP contribution in [0.1, 0.15) is 10.4 Å². The van der Waals surface area contributed by atoms with Crippen LogP contribution in [0.4, 0.5) is 11.4 Å². The van der Waals surface area contributed by atoms with Crippen molar-refractivity contribution in [2.24, 2.45) is 0 Å². The smallest absolute Gasteiger partial charge is 0.255 e. The van der Waals surface area contributed by atoms with Crippen LogP contribution in [0, 0.1) is 0 Å². The van der Waals surface area contributed by atoms with Gasteiger partial charge in [-0.3, -0.25) is 4.79 Å². The first-order valence-corrected chi connectivity index (χ1v) is 5.82. The Morgan fingerprint density at radius 3 is 2.95 bits per heavy atom. The normalized spacial score (nSPS) is 10.5. The Labute approximate surface area is 109 Å². The number of nitrogen functional groups attached to an aromatic ring is 1. The summed E-state index contributed by atoms with van der Waals surface area (Å²) in [6.07, 6.45) is 1.60. The molecule has 2 aromatic carbocycles. The number of carbonyl (C=O) groups excluding carboxylic acids is 1. The molecule has 0 atom stereocenters. The van der Waals surface area contributed by atoms with Gasteiger partial charge in [0.2, 0.25) is 0 Å². The topological polar surface area (TPSA) is 83.8 Å². The number of carbonyl (C=O) groups is 1. The van der Waals surface area contributed by atoms with Crippen LogP contribution in [-0.2, 0) is 0 Å². The summed E-state index contributed by atoms with van der Waals surface area (Å²) < 4.78 is 0. The molecule has 1 heterocycles. The monoisotopic (exact) mass is 252 g/mol. The van der Waals surface area contributed by atoms with E-state index in [9.17, 15) is 4.79 Å². The van der Waals surface area contributed by atoms with E-state index in [0.717, 1.165) is 11.0 Å². The first kappa shape index (κ1) is 11.3. The number of amides is 1. The molecule has 0 aliphatic carbocycles. The van der Waals surface area contributed by atoms with Crippen molar-refractivity contribution in [2.45, 2.75) is 0 Å². The fraction of sp³-hybridized carbons (Fsp3) is 0. The van der Waals surface area contributed by atoms with E-state index >= 15 is 0 Å². The molecule has 0 aliphatic heterocycles. The first-order chi connectivity index (χ1) is 9.22. The number of rotatable bonds is 2. The predicted octanol–water partition coefficient (Wildman–Crippen LogP) is 2.40. The van der Waals surface area contributed by atoms with Crippen LogP contribution < -0.4 is 11.1 Å². The molecule has 0 spiro atoms. The average molecular weight is 252 g/mol. The fourth-order valence-corrected chi connectivity index (χ4v) is 1.90. The molecule has 0 fully saturated rings. The van der Waals surface area contributed by atoms with Gasteiger partial charge in [0.1, 0.15) is 0 Å². The summed E-state index contributed by atoms with van der Waals surface area (Å²) in [6, 6.07) is 12.4.